The number of rotatable bonds is 1. The Balaban J connectivity index is 1.93. The highest BCUT2D eigenvalue weighted by molar-refractivity contribution is 7.25. The molecule has 114 valence electrons. The Labute approximate surface area is 134 Å². The third-order valence-corrected chi connectivity index (χ3v) is 6.08. The second-order valence-corrected chi connectivity index (χ2v) is 7.99. The molecule has 3 heteroatoms. The van der Waals surface area contributed by atoms with E-state index >= 15 is 0 Å². The number of hydrogen-bond acceptors (Lipinski definition) is 3. The van der Waals surface area contributed by atoms with Crippen LogP contribution < -0.4 is 0 Å². The van der Waals surface area contributed by atoms with Crippen molar-refractivity contribution in [2.24, 2.45) is 0 Å². The van der Waals surface area contributed by atoms with E-state index in [0.29, 0.717) is 0 Å². The van der Waals surface area contributed by atoms with Crippen molar-refractivity contribution in [3.05, 3.63) is 48.0 Å². The number of ether oxygens (including phenoxy) is 2. The van der Waals surface area contributed by atoms with Gasteiger partial charge in [-0.2, -0.15) is 0 Å². The molecule has 2 heterocycles. The lowest BCUT2D eigenvalue weighted by molar-refractivity contribution is -0.0885. The molecule has 0 atom stereocenters. The molecule has 4 rings (SSSR count). The molecule has 1 fully saturated rings. The van der Waals surface area contributed by atoms with Crippen molar-refractivity contribution in [1.82, 2.24) is 0 Å². The normalized spacial score (nSPS) is 20.9. The highest BCUT2D eigenvalue weighted by Crippen LogP contribution is 2.47. The predicted molar refractivity (Wildman–Crippen MR) is 92.4 cm³/mol. The molecule has 0 saturated carbocycles. The average molecular weight is 312 g/mol. The summed E-state index contributed by atoms with van der Waals surface area (Å²) in [5, 5.41) is 2.55. The van der Waals surface area contributed by atoms with Crippen LogP contribution in [0.4, 0.5) is 0 Å². The summed E-state index contributed by atoms with van der Waals surface area (Å²) in [4.78, 5) is 0. The summed E-state index contributed by atoms with van der Waals surface area (Å²) in [5.41, 5.74) is 0.505. The molecule has 0 spiro atoms. The highest BCUT2D eigenvalue weighted by atomic mass is 32.1. The minimum absolute atomic E-state index is 0.313. The summed E-state index contributed by atoms with van der Waals surface area (Å²) < 4.78 is 15.1. The molecule has 0 N–H and O–H groups in total. The Bertz CT molecular complexity index is 844. The van der Waals surface area contributed by atoms with Crippen LogP contribution in [0, 0.1) is 0 Å². The van der Waals surface area contributed by atoms with Gasteiger partial charge in [-0.1, -0.05) is 30.3 Å². The first kappa shape index (κ1) is 14.2. The zero-order valence-electron chi connectivity index (χ0n) is 13.3. The summed E-state index contributed by atoms with van der Waals surface area (Å²) in [6.45, 7) is 8.38. The van der Waals surface area contributed by atoms with Crippen LogP contribution in [0.1, 0.15) is 39.5 Å². The summed E-state index contributed by atoms with van der Waals surface area (Å²) >= 11 is 1.82. The van der Waals surface area contributed by atoms with Crippen LogP contribution in [0.3, 0.4) is 0 Å². The van der Waals surface area contributed by atoms with Gasteiger partial charge in [0.15, 0.2) is 6.29 Å². The minimum atomic E-state index is -0.314. The monoisotopic (exact) mass is 312 g/mol. The van der Waals surface area contributed by atoms with Gasteiger partial charge in [-0.3, -0.25) is 0 Å². The largest absolute Gasteiger partial charge is 0.339 e. The van der Waals surface area contributed by atoms with Crippen molar-refractivity contribution in [3.8, 4) is 0 Å². The van der Waals surface area contributed by atoms with Gasteiger partial charge in [0.25, 0.3) is 0 Å². The van der Waals surface area contributed by atoms with Crippen LogP contribution in [0.2, 0.25) is 0 Å². The Kier molecular flexibility index (Phi) is 2.93. The maximum absolute atomic E-state index is 6.26. The van der Waals surface area contributed by atoms with Crippen molar-refractivity contribution in [2.45, 2.75) is 45.2 Å². The van der Waals surface area contributed by atoms with E-state index in [-0.39, 0.29) is 17.5 Å². The lowest BCUT2D eigenvalue weighted by atomic mass is 9.90. The lowest BCUT2D eigenvalue weighted by Gasteiger charge is -2.30. The number of thiophene rings is 1. The third kappa shape index (κ3) is 1.93. The second kappa shape index (κ2) is 4.54. The smallest absolute Gasteiger partial charge is 0.185 e. The molecule has 2 nitrogen and oxygen atoms in total. The van der Waals surface area contributed by atoms with Crippen LogP contribution in [0.25, 0.3) is 20.2 Å². The first-order chi connectivity index (χ1) is 10.4. The van der Waals surface area contributed by atoms with Crippen LogP contribution in [-0.4, -0.2) is 11.2 Å². The molecule has 3 aromatic rings. The van der Waals surface area contributed by atoms with Crippen molar-refractivity contribution < 1.29 is 9.47 Å². The Morgan fingerprint density at radius 1 is 0.818 bits per heavy atom. The molecule has 0 amide bonds. The average Bonchev–Trinajstić information content (AvgIpc) is 2.93. The van der Waals surface area contributed by atoms with Gasteiger partial charge >= 0.3 is 0 Å². The van der Waals surface area contributed by atoms with Crippen LogP contribution in [0.5, 0.6) is 0 Å². The predicted octanol–water partition coefficient (Wildman–Crippen LogP) is 5.66. The van der Waals surface area contributed by atoms with E-state index in [1.54, 1.807) is 0 Å². The molecule has 1 aliphatic heterocycles. The fraction of sp³-hybridized carbons (Fsp3) is 0.368. The lowest BCUT2D eigenvalue weighted by Crippen LogP contribution is -2.41. The zero-order chi connectivity index (χ0) is 15.5. The Morgan fingerprint density at radius 3 is 2.18 bits per heavy atom. The molecule has 0 radical (unpaired) electrons. The van der Waals surface area contributed by atoms with Gasteiger partial charge in [0, 0.05) is 25.7 Å². The molecule has 1 saturated heterocycles. The second-order valence-electron chi connectivity index (χ2n) is 6.91. The first-order valence-electron chi connectivity index (χ1n) is 7.65. The zero-order valence-corrected chi connectivity index (χ0v) is 14.2. The van der Waals surface area contributed by atoms with E-state index in [2.05, 4.69) is 70.2 Å². The van der Waals surface area contributed by atoms with Gasteiger partial charge in [0.05, 0.1) is 11.2 Å². The van der Waals surface area contributed by atoms with Gasteiger partial charge in [0.1, 0.15) is 0 Å². The molecule has 0 aliphatic carbocycles. The van der Waals surface area contributed by atoms with E-state index < -0.39 is 0 Å². The summed E-state index contributed by atoms with van der Waals surface area (Å²) in [7, 11) is 0. The molecule has 2 aromatic carbocycles. The third-order valence-electron chi connectivity index (χ3n) is 4.94. The topological polar surface area (TPSA) is 18.5 Å². The molecule has 0 bridgehead atoms. The summed E-state index contributed by atoms with van der Waals surface area (Å²) in [6, 6.07) is 14.9. The minimum Gasteiger partial charge on any atom is -0.339 e. The van der Waals surface area contributed by atoms with Gasteiger partial charge in [-0.05, 0) is 39.8 Å². The quantitative estimate of drug-likeness (QED) is 0.577. The Hall–Kier alpha value is -1.42. The Morgan fingerprint density at radius 2 is 1.45 bits per heavy atom. The fourth-order valence-electron chi connectivity index (χ4n) is 2.97. The molecule has 0 unspecified atom stereocenters. The van der Waals surface area contributed by atoms with Gasteiger partial charge in [0.2, 0.25) is 0 Å². The van der Waals surface area contributed by atoms with Crippen LogP contribution in [-0.2, 0) is 9.47 Å². The SMILES string of the molecule is CC1(C)OC(c2cccc3sc4ccccc4c23)OC1(C)C. The van der Waals surface area contributed by atoms with Gasteiger partial charge in [-0.25, -0.2) is 0 Å². The van der Waals surface area contributed by atoms with E-state index in [9.17, 15) is 0 Å². The highest BCUT2D eigenvalue weighted by Gasteiger charge is 2.49. The molecular weight excluding hydrogens is 292 g/mol. The number of fused-ring (bicyclic) bond motifs is 3. The fourth-order valence-corrected chi connectivity index (χ4v) is 4.11. The molecule has 1 aliphatic rings. The van der Waals surface area contributed by atoms with E-state index in [1.807, 2.05) is 11.3 Å². The van der Waals surface area contributed by atoms with Crippen molar-refractivity contribution >= 4 is 31.5 Å². The molecule has 1 aromatic heterocycles. The summed E-state index contributed by atoms with van der Waals surface area (Å²) in [5.74, 6) is 0. The van der Waals surface area contributed by atoms with Crippen molar-refractivity contribution in [3.63, 3.8) is 0 Å². The molecule has 22 heavy (non-hydrogen) atoms. The molecular formula is C19H20O2S. The van der Waals surface area contributed by atoms with E-state index in [0.717, 1.165) is 5.56 Å². The van der Waals surface area contributed by atoms with E-state index in [4.69, 9.17) is 9.47 Å². The number of benzene rings is 2. The first-order valence-corrected chi connectivity index (χ1v) is 8.46. The number of hydrogen-bond donors (Lipinski definition) is 0. The van der Waals surface area contributed by atoms with Crippen molar-refractivity contribution in [2.75, 3.05) is 0 Å². The summed E-state index contributed by atoms with van der Waals surface area (Å²) in [6.07, 6.45) is -0.313. The maximum Gasteiger partial charge on any atom is 0.185 e. The van der Waals surface area contributed by atoms with Gasteiger partial charge < -0.3 is 9.47 Å². The van der Waals surface area contributed by atoms with Gasteiger partial charge in [-0.15, -0.1) is 11.3 Å². The van der Waals surface area contributed by atoms with Crippen LogP contribution in [0.15, 0.2) is 42.5 Å². The van der Waals surface area contributed by atoms with E-state index in [1.165, 1.54) is 20.2 Å². The van der Waals surface area contributed by atoms with Crippen molar-refractivity contribution in [1.29, 1.82) is 0 Å². The van der Waals surface area contributed by atoms with Crippen LogP contribution >= 0.6 is 11.3 Å². The maximum atomic E-state index is 6.26. The standard InChI is InChI=1S/C19H20O2S/c1-18(2)19(3,4)21-17(20-18)13-9-7-11-15-16(13)12-8-5-6-10-14(12)22-15/h5-11,17H,1-4H3.